The van der Waals surface area contributed by atoms with Crippen molar-refractivity contribution in [3.63, 3.8) is 0 Å². The van der Waals surface area contributed by atoms with Gasteiger partial charge in [-0.05, 0) is 18.9 Å². The van der Waals surface area contributed by atoms with Crippen LogP contribution in [-0.4, -0.2) is 35.5 Å². The van der Waals surface area contributed by atoms with E-state index >= 15 is 0 Å². The van der Waals surface area contributed by atoms with E-state index in [0.29, 0.717) is 24.2 Å². The van der Waals surface area contributed by atoms with Gasteiger partial charge in [-0.3, -0.25) is 9.59 Å². The van der Waals surface area contributed by atoms with Gasteiger partial charge in [-0.25, -0.2) is 4.79 Å². The number of carbonyl (C=O) groups is 3. The van der Waals surface area contributed by atoms with Gasteiger partial charge in [0.2, 0.25) is 5.78 Å². The molecule has 0 spiro atoms. The Balaban J connectivity index is 1.99. The molecule has 0 aromatic carbocycles. The van der Waals surface area contributed by atoms with Crippen molar-refractivity contribution in [1.82, 2.24) is 0 Å². The first-order valence-electron chi connectivity index (χ1n) is 8.90. The normalized spacial score (nSPS) is 34.7. The summed E-state index contributed by atoms with van der Waals surface area (Å²) in [6.45, 7) is 13.1. The van der Waals surface area contributed by atoms with Crippen LogP contribution >= 0.6 is 0 Å². The van der Waals surface area contributed by atoms with Gasteiger partial charge in [-0.15, -0.1) is 0 Å². The van der Waals surface area contributed by atoms with Crippen LogP contribution in [0.2, 0.25) is 0 Å². The van der Waals surface area contributed by atoms with E-state index in [1.165, 1.54) is 6.08 Å². The van der Waals surface area contributed by atoms with Crippen molar-refractivity contribution < 1.29 is 28.6 Å². The summed E-state index contributed by atoms with van der Waals surface area (Å²) in [5.41, 5.74) is -0.333. The average molecular weight is 360 g/mol. The molecule has 3 aliphatic heterocycles. The molecule has 0 radical (unpaired) electrons. The van der Waals surface area contributed by atoms with Gasteiger partial charge >= 0.3 is 11.9 Å². The Morgan fingerprint density at radius 3 is 2.77 bits per heavy atom. The van der Waals surface area contributed by atoms with Crippen LogP contribution in [0.1, 0.15) is 40.0 Å². The molecule has 3 heterocycles. The Kier molecular flexibility index (Phi) is 4.54. The molecule has 0 aromatic heterocycles. The highest BCUT2D eigenvalue weighted by Crippen LogP contribution is 2.44. The van der Waals surface area contributed by atoms with E-state index < -0.39 is 29.7 Å². The fourth-order valence-electron chi connectivity index (χ4n) is 3.59. The van der Waals surface area contributed by atoms with E-state index in [1.807, 2.05) is 6.92 Å². The molecule has 6 heteroatoms. The van der Waals surface area contributed by atoms with Crippen molar-refractivity contribution in [3.8, 4) is 0 Å². The highest BCUT2D eigenvalue weighted by Gasteiger charge is 2.52. The number of carbonyl (C=O) groups excluding carboxylic acids is 3. The van der Waals surface area contributed by atoms with Gasteiger partial charge in [0, 0.05) is 24.5 Å². The molecule has 0 aliphatic carbocycles. The minimum atomic E-state index is -1.17. The molecule has 0 saturated carbocycles. The predicted molar refractivity (Wildman–Crippen MR) is 92.8 cm³/mol. The molecule has 2 fully saturated rings. The van der Waals surface area contributed by atoms with E-state index in [9.17, 15) is 14.4 Å². The van der Waals surface area contributed by atoms with Gasteiger partial charge < -0.3 is 14.2 Å². The van der Waals surface area contributed by atoms with E-state index in [1.54, 1.807) is 13.8 Å². The zero-order valence-electron chi connectivity index (χ0n) is 15.4. The number of allylic oxidation sites excluding steroid dienone is 1. The van der Waals surface area contributed by atoms with E-state index in [4.69, 9.17) is 14.2 Å². The summed E-state index contributed by atoms with van der Waals surface area (Å²) in [5.74, 6) is -1.49. The summed E-state index contributed by atoms with van der Waals surface area (Å²) >= 11 is 0. The lowest BCUT2D eigenvalue weighted by atomic mass is 9.81. The fraction of sp³-hybridized carbons (Fsp3) is 0.550. The third kappa shape index (κ3) is 2.97. The van der Waals surface area contributed by atoms with Gasteiger partial charge in [0.15, 0.2) is 5.60 Å². The lowest BCUT2D eigenvalue weighted by Crippen LogP contribution is -2.43. The molecule has 3 rings (SSSR count). The number of ether oxygens (including phenoxy) is 3. The lowest BCUT2D eigenvalue weighted by Gasteiger charge is -2.32. The predicted octanol–water partition coefficient (Wildman–Crippen LogP) is 2.63. The topological polar surface area (TPSA) is 78.9 Å². The van der Waals surface area contributed by atoms with Crippen molar-refractivity contribution in [3.05, 3.63) is 36.1 Å². The standard InChI is InChI=1S/C20H24O6/c1-6-10(2)18(22)25-15-9-20(5)16(21)8-13(26-20)11(3)7-14-17(15)12(4)19(23)24-14/h8,10,14-15,17H,3-4,6-7,9H2,1-2,5H3/t10-,14-,15-,17+,20-/m1/s1. The second kappa shape index (κ2) is 6.41. The largest absolute Gasteiger partial charge is 0.479 e. The van der Waals surface area contributed by atoms with E-state index in [0.717, 1.165) is 0 Å². The van der Waals surface area contributed by atoms with Crippen LogP contribution in [0.4, 0.5) is 0 Å². The van der Waals surface area contributed by atoms with Crippen LogP contribution in [0.15, 0.2) is 36.1 Å². The lowest BCUT2D eigenvalue weighted by molar-refractivity contribution is -0.162. The third-order valence-electron chi connectivity index (χ3n) is 5.51. The second-order valence-electron chi connectivity index (χ2n) is 7.50. The van der Waals surface area contributed by atoms with Crippen molar-refractivity contribution in [2.45, 2.75) is 57.8 Å². The molecular weight excluding hydrogens is 336 g/mol. The molecule has 2 bridgehead atoms. The monoisotopic (exact) mass is 360 g/mol. The van der Waals surface area contributed by atoms with Crippen LogP contribution in [0.5, 0.6) is 0 Å². The highest BCUT2D eigenvalue weighted by molar-refractivity contribution is 6.00. The number of hydrogen-bond acceptors (Lipinski definition) is 6. The van der Waals surface area contributed by atoms with Crippen LogP contribution in [0, 0.1) is 11.8 Å². The molecule has 5 atom stereocenters. The summed E-state index contributed by atoms with van der Waals surface area (Å²) in [4.78, 5) is 37.0. The second-order valence-corrected chi connectivity index (χ2v) is 7.50. The third-order valence-corrected chi connectivity index (χ3v) is 5.51. The number of ketones is 1. The quantitative estimate of drug-likeness (QED) is 0.569. The summed E-state index contributed by atoms with van der Waals surface area (Å²) < 4.78 is 17.1. The van der Waals surface area contributed by atoms with Gasteiger partial charge in [0.05, 0.1) is 11.8 Å². The smallest absolute Gasteiger partial charge is 0.334 e. The number of hydrogen-bond donors (Lipinski definition) is 0. The first kappa shape index (κ1) is 18.4. The molecule has 0 amide bonds. The fourth-order valence-corrected chi connectivity index (χ4v) is 3.59. The Bertz CT molecular complexity index is 733. The minimum absolute atomic E-state index is 0.123. The SMILES string of the molecule is C=C1C[C@H]2OC(=O)C(=C)[C@@H]2[C@H](OC(=O)[C@H](C)CC)C[C@@]2(C)OC1=CC2=O. The number of rotatable bonds is 3. The zero-order valence-corrected chi connectivity index (χ0v) is 15.4. The molecule has 26 heavy (non-hydrogen) atoms. The van der Waals surface area contributed by atoms with Gasteiger partial charge in [0.25, 0.3) is 0 Å². The molecular formula is C20H24O6. The Labute approximate surface area is 152 Å². The number of fused-ring (bicyclic) bond motifs is 3. The van der Waals surface area contributed by atoms with Gasteiger partial charge in [-0.1, -0.05) is 27.0 Å². The Morgan fingerprint density at radius 2 is 2.12 bits per heavy atom. The van der Waals surface area contributed by atoms with Gasteiger partial charge in [-0.2, -0.15) is 0 Å². The maximum absolute atomic E-state index is 12.5. The summed E-state index contributed by atoms with van der Waals surface area (Å²) in [6.07, 6.45) is 1.18. The summed E-state index contributed by atoms with van der Waals surface area (Å²) in [7, 11) is 0. The van der Waals surface area contributed by atoms with Crippen LogP contribution < -0.4 is 0 Å². The molecule has 0 aromatic rings. The Hall–Kier alpha value is -2.37. The molecule has 3 aliphatic rings. The van der Waals surface area contributed by atoms with E-state index in [-0.39, 0.29) is 29.7 Å². The average Bonchev–Trinajstić information content (AvgIpc) is 3.03. The summed E-state index contributed by atoms with van der Waals surface area (Å²) in [5, 5.41) is 0. The Morgan fingerprint density at radius 1 is 1.42 bits per heavy atom. The van der Waals surface area contributed by atoms with Crippen LogP contribution in [0.25, 0.3) is 0 Å². The molecule has 0 unspecified atom stereocenters. The first-order valence-corrected chi connectivity index (χ1v) is 8.90. The highest BCUT2D eigenvalue weighted by atomic mass is 16.6. The van der Waals surface area contributed by atoms with Crippen molar-refractivity contribution in [2.24, 2.45) is 11.8 Å². The van der Waals surface area contributed by atoms with Crippen molar-refractivity contribution in [2.75, 3.05) is 0 Å². The molecule has 6 nitrogen and oxygen atoms in total. The van der Waals surface area contributed by atoms with Gasteiger partial charge in [0.1, 0.15) is 18.0 Å². The first-order chi connectivity index (χ1) is 12.2. The van der Waals surface area contributed by atoms with Crippen molar-refractivity contribution in [1.29, 1.82) is 0 Å². The van der Waals surface area contributed by atoms with E-state index in [2.05, 4.69) is 13.2 Å². The maximum Gasteiger partial charge on any atom is 0.334 e. The minimum Gasteiger partial charge on any atom is -0.479 e. The summed E-state index contributed by atoms with van der Waals surface area (Å²) in [6, 6.07) is 0. The molecule has 2 saturated heterocycles. The maximum atomic E-state index is 12.5. The van der Waals surface area contributed by atoms with Crippen LogP contribution in [0.3, 0.4) is 0 Å². The molecule has 0 N–H and O–H groups in total. The van der Waals surface area contributed by atoms with Crippen LogP contribution in [-0.2, 0) is 28.6 Å². The number of esters is 2. The van der Waals surface area contributed by atoms with Crippen molar-refractivity contribution >= 4 is 17.7 Å². The molecule has 140 valence electrons. The zero-order chi connectivity index (χ0) is 19.2.